The Labute approximate surface area is 112 Å². The summed E-state index contributed by atoms with van der Waals surface area (Å²) in [5, 5.41) is 0. The Bertz CT molecular complexity index is 579. The molecule has 0 atom stereocenters. The van der Waals surface area contributed by atoms with Crippen LogP contribution >= 0.6 is 15.9 Å². The van der Waals surface area contributed by atoms with Gasteiger partial charge in [-0.15, -0.1) is 0 Å². The molecule has 0 amide bonds. The number of Topliss-reactive ketones (excluding diaryl/α,β-unsaturated/α-hetero) is 1. The van der Waals surface area contributed by atoms with Gasteiger partial charge in [0.25, 0.3) is 0 Å². The van der Waals surface area contributed by atoms with Crippen LogP contribution in [0.15, 0.2) is 46.9 Å². The van der Waals surface area contributed by atoms with Crippen molar-refractivity contribution in [2.75, 3.05) is 0 Å². The normalized spacial score (nSPS) is 10.4. The lowest BCUT2D eigenvalue weighted by molar-refractivity contribution is 0.0991. The third kappa shape index (κ3) is 2.82. The largest absolute Gasteiger partial charge is 0.294 e. The van der Waals surface area contributed by atoms with Gasteiger partial charge in [-0.2, -0.15) is 0 Å². The highest BCUT2D eigenvalue weighted by Crippen LogP contribution is 2.22. The van der Waals surface area contributed by atoms with E-state index in [1.165, 1.54) is 24.3 Å². The first kappa shape index (κ1) is 12.9. The monoisotopic (exact) mass is 310 g/mol. The molecular weight excluding hydrogens is 302 g/mol. The molecular formula is C14H9BrF2O. The first-order chi connectivity index (χ1) is 8.58. The van der Waals surface area contributed by atoms with Crippen molar-refractivity contribution in [2.45, 2.75) is 6.42 Å². The predicted molar refractivity (Wildman–Crippen MR) is 68.5 cm³/mol. The van der Waals surface area contributed by atoms with Gasteiger partial charge < -0.3 is 0 Å². The van der Waals surface area contributed by atoms with E-state index in [2.05, 4.69) is 15.9 Å². The van der Waals surface area contributed by atoms with Gasteiger partial charge in [-0.25, -0.2) is 8.78 Å². The molecule has 92 valence electrons. The molecule has 0 unspecified atom stereocenters. The lowest BCUT2D eigenvalue weighted by atomic mass is 10.0. The first-order valence-corrected chi connectivity index (χ1v) is 6.09. The second kappa shape index (κ2) is 5.40. The standard InChI is InChI=1S/C14H9BrF2O/c15-14-11(2-1-3-12(14)17)13(18)8-9-4-6-10(16)7-5-9/h1-7H,8H2. The Kier molecular flexibility index (Phi) is 3.87. The Morgan fingerprint density at radius 2 is 1.72 bits per heavy atom. The Morgan fingerprint density at radius 1 is 1.06 bits per heavy atom. The minimum atomic E-state index is -0.472. The number of benzene rings is 2. The maximum atomic E-state index is 13.3. The van der Waals surface area contributed by atoms with E-state index in [-0.39, 0.29) is 22.5 Å². The number of hydrogen-bond acceptors (Lipinski definition) is 1. The summed E-state index contributed by atoms with van der Waals surface area (Å²) in [6.45, 7) is 0. The average Bonchev–Trinajstić information content (AvgIpc) is 2.35. The maximum Gasteiger partial charge on any atom is 0.168 e. The zero-order valence-corrected chi connectivity index (χ0v) is 10.9. The van der Waals surface area contributed by atoms with E-state index in [4.69, 9.17) is 0 Å². The summed E-state index contributed by atoms with van der Waals surface area (Å²) in [5.74, 6) is -1.04. The van der Waals surface area contributed by atoms with Gasteiger partial charge in [-0.05, 0) is 39.7 Å². The lowest BCUT2D eigenvalue weighted by Gasteiger charge is -2.04. The molecule has 0 aromatic heterocycles. The molecule has 0 spiro atoms. The third-order valence-electron chi connectivity index (χ3n) is 2.53. The van der Waals surface area contributed by atoms with Gasteiger partial charge in [0.05, 0.1) is 4.47 Å². The van der Waals surface area contributed by atoms with Gasteiger partial charge >= 0.3 is 0 Å². The van der Waals surface area contributed by atoms with Gasteiger partial charge in [-0.1, -0.05) is 24.3 Å². The summed E-state index contributed by atoms with van der Waals surface area (Å²) in [4.78, 5) is 12.0. The molecule has 0 aliphatic carbocycles. The zero-order valence-electron chi connectivity index (χ0n) is 9.29. The van der Waals surface area contributed by atoms with Crippen molar-refractivity contribution in [2.24, 2.45) is 0 Å². The number of hydrogen-bond donors (Lipinski definition) is 0. The molecule has 0 bridgehead atoms. The van der Waals surface area contributed by atoms with Crippen LogP contribution < -0.4 is 0 Å². The minimum absolute atomic E-state index is 0.113. The predicted octanol–water partition coefficient (Wildman–Crippen LogP) is 4.15. The highest BCUT2D eigenvalue weighted by Gasteiger charge is 2.13. The molecule has 1 nitrogen and oxygen atoms in total. The highest BCUT2D eigenvalue weighted by atomic mass is 79.9. The number of carbonyl (C=O) groups excluding carboxylic acids is 1. The van der Waals surface area contributed by atoms with Crippen LogP contribution in [0.4, 0.5) is 8.78 Å². The van der Waals surface area contributed by atoms with Crippen molar-refractivity contribution >= 4 is 21.7 Å². The Balaban J connectivity index is 2.22. The SMILES string of the molecule is O=C(Cc1ccc(F)cc1)c1cccc(F)c1Br. The van der Waals surface area contributed by atoms with E-state index >= 15 is 0 Å². The van der Waals surface area contributed by atoms with Crippen LogP contribution in [-0.4, -0.2) is 5.78 Å². The van der Waals surface area contributed by atoms with E-state index in [9.17, 15) is 13.6 Å². The minimum Gasteiger partial charge on any atom is -0.294 e. The molecule has 18 heavy (non-hydrogen) atoms. The molecule has 2 rings (SSSR count). The topological polar surface area (TPSA) is 17.1 Å². The van der Waals surface area contributed by atoms with Gasteiger partial charge in [0.2, 0.25) is 0 Å². The van der Waals surface area contributed by atoms with Crippen molar-refractivity contribution in [3.05, 3.63) is 69.7 Å². The van der Waals surface area contributed by atoms with Gasteiger partial charge in [0.1, 0.15) is 11.6 Å². The summed E-state index contributed by atoms with van der Waals surface area (Å²) >= 11 is 3.05. The van der Waals surface area contributed by atoms with Gasteiger partial charge in [0.15, 0.2) is 5.78 Å². The van der Waals surface area contributed by atoms with Crippen LogP contribution in [0.1, 0.15) is 15.9 Å². The van der Waals surface area contributed by atoms with Crippen LogP contribution in [-0.2, 0) is 6.42 Å². The molecule has 2 aromatic carbocycles. The van der Waals surface area contributed by atoms with Crippen molar-refractivity contribution in [1.82, 2.24) is 0 Å². The van der Waals surface area contributed by atoms with Gasteiger partial charge in [-0.3, -0.25) is 4.79 Å². The molecule has 0 radical (unpaired) electrons. The molecule has 0 saturated heterocycles. The molecule has 0 heterocycles. The fourth-order valence-corrected chi connectivity index (χ4v) is 2.09. The molecule has 0 N–H and O–H groups in total. The van der Waals surface area contributed by atoms with Crippen molar-refractivity contribution in [1.29, 1.82) is 0 Å². The summed E-state index contributed by atoms with van der Waals surface area (Å²) < 4.78 is 26.2. The van der Waals surface area contributed by atoms with E-state index in [0.29, 0.717) is 11.1 Å². The van der Waals surface area contributed by atoms with Crippen LogP contribution in [0.5, 0.6) is 0 Å². The molecule has 2 aromatic rings. The van der Waals surface area contributed by atoms with Crippen LogP contribution in [0, 0.1) is 11.6 Å². The van der Waals surface area contributed by atoms with Crippen molar-refractivity contribution in [3.63, 3.8) is 0 Å². The summed E-state index contributed by atoms with van der Waals surface area (Å²) in [6, 6.07) is 9.99. The molecule has 0 saturated carbocycles. The number of carbonyl (C=O) groups is 1. The number of ketones is 1. The second-order valence-electron chi connectivity index (χ2n) is 3.83. The van der Waals surface area contributed by atoms with E-state index in [0.717, 1.165) is 0 Å². The second-order valence-corrected chi connectivity index (χ2v) is 4.62. The van der Waals surface area contributed by atoms with E-state index in [1.807, 2.05) is 0 Å². The number of halogens is 3. The first-order valence-electron chi connectivity index (χ1n) is 5.29. The van der Waals surface area contributed by atoms with Crippen LogP contribution in [0.3, 0.4) is 0 Å². The average molecular weight is 311 g/mol. The molecule has 0 aliphatic heterocycles. The van der Waals surface area contributed by atoms with Crippen molar-refractivity contribution in [3.8, 4) is 0 Å². The molecule has 0 fully saturated rings. The Hall–Kier alpha value is -1.55. The maximum absolute atomic E-state index is 13.3. The zero-order chi connectivity index (χ0) is 13.1. The smallest absolute Gasteiger partial charge is 0.168 e. The highest BCUT2D eigenvalue weighted by molar-refractivity contribution is 9.10. The van der Waals surface area contributed by atoms with E-state index < -0.39 is 5.82 Å². The summed E-state index contributed by atoms with van der Waals surface area (Å²) in [5.41, 5.74) is 0.983. The van der Waals surface area contributed by atoms with Gasteiger partial charge in [0, 0.05) is 12.0 Å². The summed E-state index contributed by atoms with van der Waals surface area (Å²) in [6.07, 6.45) is 0.113. The third-order valence-corrected chi connectivity index (χ3v) is 3.34. The fraction of sp³-hybridized carbons (Fsp3) is 0.0714. The summed E-state index contributed by atoms with van der Waals surface area (Å²) in [7, 11) is 0. The lowest BCUT2D eigenvalue weighted by Crippen LogP contribution is -2.05. The fourth-order valence-electron chi connectivity index (χ4n) is 1.60. The Morgan fingerprint density at radius 3 is 2.39 bits per heavy atom. The molecule has 4 heteroatoms. The van der Waals surface area contributed by atoms with E-state index in [1.54, 1.807) is 18.2 Å². The quantitative estimate of drug-likeness (QED) is 0.778. The van der Waals surface area contributed by atoms with Crippen molar-refractivity contribution < 1.29 is 13.6 Å². The van der Waals surface area contributed by atoms with Crippen LogP contribution in [0.25, 0.3) is 0 Å². The molecule has 0 aliphatic rings. The number of rotatable bonds is 3. The van der Waals surface area contributed by atoms with Crippen LogP contribution in [0.2, 0.25) is 0 Å².